The molecule has 2 atom stereocenters. The summed E-state index contributed by atoms with van der Waals surface area (Å²) in [7, 11) is 1.83. The van der Waals surface area contributed by atoms with Crippen molar-refractivity contribution in [3.8, 4) is 0 Å². The highest BCUT2D eigenvalue weighted by Crippen LogP contribution is 2.25. The zero-order valence-corrected chi connectivity index (χ0v) is 19.5. The number of halogens is 2. The predicted molar refractivity (Wildman–Crippen MR) is 123 cm³/mol. The summed E-state index contributed by atoms with van der Waals surface area (Å²) in [5, 5.41) is 6.90. The van der Waals surface area contributed by atoms with E-state index in [2.05, 4.69) is 67.6 Å². The smallest absolute Gasteiger partial charge is 0.191 e. The Morgan fingerprint density at radius 2 is 2.12 bits per heavy atom. The van der Waals surface area contributed by atoms with Gasteiger partial charge in [0.2, 0.25) is 0 Å². The second kappa shape index (κ2) is 10.1. The van der Waals surface area contributed by atoms with Gasteiger partial charge >= 0.3 is 0 Å². The SMILES string of the molecule is CN=C(NCC1CCN(c2ccc(Br)cc2)C1)NCC1(C)CCCO1.I. The van der Waals surface area contributed by atoms with Crippen molar-refractivity contribution in [1.82, 2.24) is 10.6 Å². The van der Waals surface area contributed by atoms with E-state index in [1.54, 1.807) is 0 Å². The fourth-order valence-corrected chi connectivity index (χ4v) is 3.86. The molecule has 1 aromatic rings. The van der Waals surface area contributed by atoms with Crippen LogP contribution in [0.25, 0.3) is 0 Å². The summed E-state index contributed by atoms with van der Waals surface area (Å²) in [5.74, 6) is 1.51. The molecule has 0 radical (unpaired) electrons. The van der Waals surface area contributed by atoms with E-state index in [4.69, 9.17) is 4.74 Å². The van der Waals surface area contributed by atoms with Crippen LogP contribution in [0.2, 0.25) is 0 Å². The van der Waals surface area contributed by atoms with Crippen LogP contribution in [-0.4, -0.2) is 51.4 Å². The van der Waals surface area contributed by atoms with Crippen molar-refractivity contribution in [2.45, 2.75) is 31.8 Å². The lowest BCUT2D eigenvalue weighted by molar-refractivity contribution is 0.0243. The first-order valence-corrected chi connectivity index (χ1v) is 9.96. The molecular formula is C19H30BrIN4O. The van der Waals surface area contributed by atoms with Gasteiger partial charge in [0.15, 0.2) is 5.96 Å². The Hall–Kier alpha value is -0.540. The summed E-state index contributed by atoms with van der Waals surface area (Å²) >= 11 is 3.50. The molecule has 7 heteroatoms. The number of hydrogen-bond donors (Lipinski definition) is 2. The molecule has 2 saturated heterocycles. The quantitative estimate of drug-likeness (QED) is 0.343. The van der Waals surface area contributed by atoms with E-state index >= 15 is 0 Å². The molecule has 0 saturated carbocycles. The summed E-state index contributed by atoms with van der Waals surface area (Å²) < 4.78 is 6.96. The molecule has 2 fully saturated rings. The number of anilines is 1. The summed E-state index contributed by atoms with van der Waals surface area (Å²) in [4.78, 5) is 6.81. The first kappa shape index (κ1) is 21.8. The Morgan fingerprint density at radius 1 is 1.35 bits per heavy atom. The average molecular weight is 537 g/mol. The van der Waals surface area contributed by atoms with E-state index in [-0.39, 0.29) is 29.6 Å². The molecule has 5 nitrogen and oxygen atoms in total. The highest BCUT2D eigenvalue weighted by atomic mass is 127. The Labute approximate surface area is 182 Å². The standard InChI is InChI=1S/C19H29BrN4O.HI/c1-19(9-3-11-25-19)14-23-18(21-2)22-12-15-8-10-24(13-15)17-6-4-16(20)5-7-17;/h4-7,15H,3,8-14H2,1-2H3,(H2,21,22,23);1H. The van der Waals surface area contributed by atoms with Crippen LogP contribution in [0, 0.1) is 5.92 Å². The molecule has 1 aromatic carbocycles. The lowest BCUT2D eigenvalue weighted by atomic mass is 10.0. The van der Waals surface area contributed by atoms with E-state index in [1.165, 1.54) is 12.1 Å². The van der Waals surface area contributed by atoms with Crippen LogP contribution >= 0.6 is 39.9 Å². The summed E-state index contributed by atoms with van der Waals surface area (Å²) in [6.07, 6.45) is 3.47. The highest BCUT2D eigenvalue weighted by molar-refractivity contribution is 14.0. The zero-order chi connectivity index (χ0) is 17.7. The monoisotopic (exact) mass is 536 g/mol. The van der Waals surface area contributed by atoms with Crippen LogP contribution in [0.4, 0.5) is 5.69 Å². The molecule has 3 rings (SSSR count). The number of aliphatic imine (C=N–C) groups is 1. The number of guanidine groups is 1. The largest absolute Gasteiger partial charge is 0.373 e. The molecule has 0 aromatic heterocycles. The van der Waals surface area contributed by atoms with E-state index in [9.17, 15) is 0 Å². The molecule has 0 spiro atoms. The van der Waals surface area contributed by atoms with Gasteiger partial charge in [-0.1, -0.05) is 15.9 Å². The van der Waals surface area contributed by atoms with Crippen LogP contribution in [0.5, 0.6) is 0 Å². The molecule has 2 aliphatic heterocycles. The molecular weight excluding hydrogens is 507 g/mol. The molecule has 2 unspecified atom stereocenters. The maximum atomic E-state index is 5.83. The van der Waals surface area contributed by atoms with Crippen molar-refractivity contribution < 1.29 is 4.74 Å². The number of rotatable bonds is 5. The molecule has 2 N–H and O–H groups in total. The van der Waals surface area contributed by atoms with Crippen molar-refractivity contribution in [2.75, 3.05) is 44.7 Å². The number of benzene rings is 1. The molecule has 146 valence electrons. The second-order valence-corrected chi connectivity index (χ2v) is 8.20. The molecule has 0 aliphatic carbocycles. The van der Waals surface area contributed by atoms with Crippen molar-refractivity contribution >= 4 is 51.6 Å². The van der Waals surface area contributed by atoms with Gasteiger partial charge in [-0.2, -0.15) is 0 Å². The third-order valence-corrected chi connectivity index (χ3v) is 5.72. The van der Waals surface area contributed by atoms with E-state index in [0.29, 0.717) is 5.92 Å². The average Bonchev–Trinajstić information content (AvgIpc) is 3.25. The minimum absolute atomic E-state index is 0. The van der Waals surface area contributed by atoms with Gasteiger partial charge in [0, 0.05) is 50.0 Å². The van der Waals surface area contributed by atoms with Gasteiger partial charge in [0.05, 0.1) is 5.60 Å². The van der Waals surface area contributed by atoms with E-state index < -0.39 is 0 Å². The predicted octanol–water partition coefficient (Wildman–Crippen LogP) is 3.63. The van der Waals surface area contributed by atoms with Gasteiger partial charge in [0.1, 0.15) is 0 Å². The third kappa shape index (κ3) is 5.99. The number of nitrogens with one attached hydrogen (secondary N) is 2. The molecule has 2 heterocycles. The summed E-state index contributed by atoms with van der Waals surface area (Å²) in [5.41, 5.74) is 1.25. The fourth-order valence-electron chi connectivity index (χ4n) is 3.59. The number of hydrogen-bond acceptors (Lipinski definition) is 3. The maximum absolute atomic E-state index is 5.83. The Balaban J connectivity index is 0.00000243. The Morgan fingerprint density at radius 3 is 2.77 bits per heavy atom. The topological polar surface area (TPSA) is 48.9 Å². The van der Waals surface area contributed by atoms with Crippen molar-refractivity contribution in [3.63, 3.8) is 0 Å². The van der Waals surface area contributed by atoms with Crippen LogP contribution in [0.1, 0.15) is 26.2 Å². The minimum Gasteiger partial charge on any atom is -0.373 e. The van der Waals surface area contributed by atoms with Gasteiger partial charge in [-0.25, -0.2) is 0 Å². The highest BCUT2D eigenvalue weighted by Gasteiger charge is 2.30. The van der Waals surface area contributed by atoms with Gasteiger partial charge in [0.25, 0.3) is 0 Å². The summed E-state index contributed by atoms with van der Waals surface area (Å²) in [6.45, 7) is 7.01. The maximum Gasteiger partial charge on any atom is 0.191 e. The van der Waals surface area contributed by atoms with Crippen LogP contribution in [0.15, 0.2) is 33.7 Å². The van der Waals surface area contributed by atoms with Gasteiger partial charge in [-0.3, -0.25) is 4.99 Å². The lowest BCUT2D eigenvalue weighted by Crippen LogP contribution is -2.46. The second-order valence-electron chi connectivity index (χ2n) is 7.29. The lowest BCUT2D eigenvalue weighted by Gasteiger charge is -2.25. The number of ether oxygens (including phenoxy) is 1. The molecule has 26 heavy (non-hydrogen) atoms. The van der Waals surface area contributed by atoms with Crippen LogP contribution < -0.4 is 15.5 Å². The van der Waals surface area contributed by atoms with Gasteiger partial charge < -0.3 is 20.3 Å². The fraction of sp³-hybridized carbons (Fsp3) is 0.632. The first-order valence-electron chi connectivity index (χ1n) is 9.17. The van der Waals surface area contributed by atoms with E-state index in [0.717, 1.165) is 56.1 Å². The zero-order valence-electron chi connectivity index (χ0n) is 15.6. The van der Waals surface area contributed by atoms with Crippen molar-refractivity contribution in [3.05, 3.63) is 28.7 Å². The molecule has 2 aliphatic rings. The van der Waals surface area contributed by atoms with Crippen LogP contribution in [-0.2, 0) is 4.74 Å². The van der Waals surface area contributed by atoms with Crippen molar-refractivity contribution in [2.24, 2.45) is 10.9 Å². The normalized spacial score (nSPS) is 25.9. The van der Waals surface area contributed by atoms with E-state index in [1.807, 2.05) is 7.05 Å². The number of nitrogens with zero attached hydrogens (tertiary/aromatic N) is 2. The molecule has 0 bridgehead atoms. The van der Waals surface area contributed by atoms with Gasteiger partial charge in [-0.05, 0) is 56.4 Å². The Kier molecular flexibility index (Phi) is 8.47. The van der Waals surface area contributed by atoms with Crippen molar-refractivity contribution in [1.29, 1.82) is 0 Å². The third-order valence-electron chi connectivity index (χ3n) is 5.19. The van der Waals surface area contributed by atoms with Crippen LogP contribution in [0.3, 0.4) is 0 Å². The minimum atomic E-state index is -0.0522. The van der Waals surface area contributed by atoms with Gasteiger partial charge in [-0.15, -0.1) is 24.0 Å². The first-order chi connectivity index (χ1) is 12.1. The molecule has 0 amide bonds. The Bertz CT molecular complexity index is 590. The summed E-state index contributed by atoms with van der Waals surface area (Å²) in [6, 6.07) is 8.59.